The molecule has 82 valence electrons. The van der Waals surface area contributed by atoms with E-state index in [1.807, 2.05) is 18.2 Å². The van der Waals surface area contributed by atoms with Crippen molar-refractivity contribution in [2.45, 2.75) is 30.4 Å². The minimum atomic E-state index is -0.276. The molecule has 0 saturated heterocycles. The van der Waals surface area contributed by atoms with Gasteiger partial charge in [0.2, 0.25) is 0 Å². The van der Waals surface area contributed by atoms with Crippen molar-refractivity contribution in [2.75, 3.05) is 7.11 Å². The summed E-state index contributed by atoms with van der Waals surface area (Å²) < 4.78 is 4.83. The molecule has 2 nitrogen and oxygen atoms in total. The van der Waals surface area contributed by atoms with Crippen LogP contribution in [0.2, 0.25) is 0 Å². The summed E-state index contributed by atoms with van der Waals surface area (Å²) >= 11 is 1.67. The van der Waals surface area contributed by atoms with Crippen molar-refractivity contribution in [1.82, 2.24) is 0 Å². The van der Waals surface area contributed by atoms with Crippen molar-refractivity contribution < 1.29 is 9.53 Å². The standard InChI is InChI=1S/C12H16O2S/c1-12(2,3)15-10-8-6-5-7-9(10)11(13)14-4/h5-8H,1-4H3. The molecule has 0 amide bonds. The van der Waals surface area contributed by atoms with E-state index >= 15 is 0 Å². The molecule has 3 heteroatoms. The number of thioether (sulfide) groups is 1. The highest BCUT2D eigenvalue weighted by molar-refractivity contribution is 8.00. The van der Waals surface area contributed by atoms with E-state index in [0.29, 0.717) is 5.56 Å². The summed E-state index contributed by atoms with van der Waals surface area (Å²) in [5.74, 6) is -0.276. The highest BCUT2D eigenvalue weighted by atomic mass is 32.2. The van der Waals surface area contributed by atoms with E-state index < -0.39 is 0 Å². The van der Waals surface area contributed by atoms with Crippen LogP contribution in [0.25, 0.3) is 0 Å². The van der Waals surface area contributed by atoms with Gasteiger partial charge in [-0.25, -0.2) is 4.79 Å². The van der Waals surface area contributed by atoms with Crippen molar-refractivity contribution in [3.8, 4) is 0 Å². The van der Waals surface area contributed by atoms with Crippen molar-refractivity contribution in [2.24, 2.45) is 0 Å². The normalized spacial score (nSPS) is 11.2. The minimum Gasteiger partial charge on any atom is -0.465 e. The number of esters is 1. The van der Waals surface area contributed by atoms with E-state index in [2.05, 4.69) is 20.8 Å². The monoisotopic (exact) mass is 224 g/mol. The molecular weight excluding hydrogens is 208 g/mol. The van der Waals surface area contributed by atoms with Crippen LogP contribution < -0.4 is 0 Å². The van der Waals surface area contributed by atoms with E-state index in [1.54, 1.807) is 17.8 Å². The predicted molar refractivity (Wildman–Crippen MR) is 63.4 cm³/mol. The largest absolute Gasteiger partial charge is 0.465 e. The Balaban J connectivity index is 3.02. The molecule has 15 heavy (non-hydrogen) atoms. The van der Waals surface area contributed by atoms with Crippen LogP contribution in [-0.4, -0.2) is 17.8 Å². The second kappa shape index (κ2) is 4.71. The van der Waals surface area contributed by atoms with Gasteiger partial charge >= 0.3 is 5.97 Å². The van der Waals surface area contributed by atoms with E-state index in [9.17, 15) is 4.79 Å². The van der Waals surface area contributed by atoms with Gasteiger partial charge in [-0.2, -0.15) is 0 Å². The van der Waals surface area contributed by atoms with Gasteiger partial charge in [0, 0.05) is 9.64 Å². The van der Waals surface area contributed by atoms with Crippen molar-refractivity contribution >= 4 is 17.7 Å². The lowest BCUT2D eigenvalue weighted by Crippen LogP contribution is -2.10. The minimum absolute atomic E-state index is 0.0874. The van der Waals surface area contributed by atoms with Crippen LogP contribution in [0, 0.1) is 0 Å². The average Bonchev–Trinajstić information content (AvgIpc) is 2.15. The quantitative estimate of drug-likeness (QED) is 0.569. The Kier molecular flexibility index (Phi) is 3.80. The summed E-state index contributed by atoms with van der Waals surface area (Å²) in [5.41, 5.74) is 0.639. The van der Waals surface area contributed by atoms with Crippen LogP contribution in [0.1, 0.15) is 31.1 Å². The topological polar surface area (TPSA) is 26.3 Å². The molecule has 0 radical (unpaired) electrons. The zero-order chi connectivity index (χ0) is 11.5. The molecule has 1 aromatic carbocycles. The number of hydrogen-bond donors (Lipinski definition) is 0. The summed E-state index contributed by atoms with van der Waals surface area (Å²) in [7, 11) is 1.40. The Morgan fingerprint density at radius 1 is 1.27 bits per heavy atom. The smallest absolute Gasteiger partial charge is 0.338 e. The summed E-state index contributed by atoms with van der Waals surface area (Å²) in [5, 5.41) is 0. The Morgan fingerprint density at radius 3 is 2.40 bits per heavy atom. The number of hydrogen-bond acceptors (Lipinski definition) is 3. The van der Waals surface area contributed by atoms with Gasteiger partial charge in [-0.15, -0.1) is 11.8 Å². The Hall–Kier alpha value is -0.960. The molecular formula is C12H16O2S. The number of carbonyl (C=O) groups is 1. The number of methoxy groups -OCH3 is 1. The van der Waals surface area contributed by atoms with Gasteiger partial charge in [0.15, 0.2) is 0 Å². The molecule has 0 aliphatic heterocycles. The van der Waals surface area contributed by atoms with Crippen molar-refractivity contribution in [1.29, 1.82) is 0 Å². The number of ether oxygens (including phenoxy) is 1. The lowest BCUT2D eigenvalue weighted by atomic mass is 10.2. The van der Waals surface area contributed by atoms with Crippen LogP contribution in [0.4, 0.5) is 0 Å². The van der Waals surface area contributed by atoms with E-state index in [1.165, 1.54) is 7.11 Å². The van der Waals surface area contributed by atoms with Gasteiger partial charge < -0.3 is 4.74 Å². The number of benzene rings is 1. The third-order valence-corrected chi connectivity index (χ3v) is 2.90. The molecule has 0 saturated carbocycles. The first kappa shape index (κ1) is 12.1. The highest BCUT2D eigenvalue weighted by Crippen LogP contribution is 2.34. The fraction of sp³-hybridized carbons (Fsp3) is 0.417. The Bertz CT molecular complexity index is 353. The maximum atomic E-state index is 11.5. The number of carbonyl (C=O) groups excluding carboxylic acids is 1. The fourth-order valence-corrected chi connectivity index (χ4v) is 2.23. The zero-order valence-corrected chi connectivity index (χ0v) is 10.4. The van der Waals surface area contributed by atoms with Crippen LogP contribution in [0.5, 0.6) is 0 Å². The van der Waals surface area contributed by atoms with Crippen molar-refractivity contribution in [3.05, 3.63) is 29.8 Å². The second-order valence-corrected chi connectivity index (χ2v) is 6.07. The highest BCUT2D eigenvalue weighted by Gasteiger charge is 2.17. The molecule has 0 aliphatic rings. The third-order valence-electron chi connectivity index (χ3n) is 1.71. The molecule has 0 N–H and O–H groups in total. The maximum Gasteiger partial charge on any atom is 0.338 e. The fourth-order valence-electron chi connectivity index (χ4n) is 1.16. The van der Waals surface area contributed by atoms with Crippen LogP contribution in [0.15, 0.2) is 29.2 Å². The van der Waals surface area contributed by atoms with E-state index in [0.717, 1.165) is 4.90 Å². The molecule has 0 aromatic heterocycles. The second-order valence-electron chi connectivity index (χ2n) is 4.20. The molecule has 0 aliphatic carbocycles. The van der Waals surface area contributed by atoms with Crippen molar-refractivity contribution in [3.63, 3.8) is 0 Å². The Morgan fingerprint density at radius 2 is 1.87 bits per heavy atom. The molecule has 0 fully saturated rings. The number of rotatable bonds is 2. The molecule has 1 rings (SSSR count). The molecule has 1 aromatic rings. The third kappa shape index (κ3) is 3.59. The molecule has 0 unspecified atom stereocenters. The van der Waals surface area contributed by atoms with Crippen LogP contribution >= 0.6 is 11.8 Å². The lowest BCUT2D eigenvalue weighted by Gasteiger charge is -2.19. The SMILES string of the molecule is COC(=O)c1ccccc1SC(C)(C)C. The van der Waals surface area contributed by atoms with Gasteiger partial charge in [-0.3, -0.25) is 0 Å². The molecule has 0 bridgehead atoms. The van der Waals surface area contributed by atoms with Gasteiger partial charge in [-0.1, -0.05) is 32.9 Å². The lowest BCUT2D eigenvalue weighted by molar-refractivity contribution is 0.0597. The molecule has 0 spiro atoms. The molecule has 0 atom stereocenters. The summed E-state index contributed by atoms with van der Waals surface area (Å²) in [6.07, 6.45) is 0. The summed E-state index contributed by atoms with van der Waals surface area (Å²) in [6.45, 7) is 6.35. The zero-order valence-electron chi connectivity index (χ0n) is 9.53. The Labute approximate surface area is 95.0 Å². The van der Waals surface area contributed by atoms with E-state index in [-0.39, 0.29) is 10.7 Å². The summed E-state index contributed by atoms with van der Waals surface area (Å²) in [6, 6.07) is 7.52. The van der Waals surface area contributed by atoms with Crippen LogP contribution in [0.3, 0.4) is 0 Å². The first-order valence-electron chi connectivity index (χ1n) is 4.80. The van der Waals surface area contributed by atoms with Crippen LogP contribution in [-0.2, 0) is 4.74 Å². The maximum absolute atomic E-state index is 11.5. The molecule has 0 heterocycles. The first-order valence-corrected chi connectivity index (χ1v) is 5.62. The van der Waals surface area contributed by atoms with E-state index in [4.69, 9.17) is 4.74 Å². The van der Waals surface area contributed by atoms with Gasteiger partial charge in [0.05, 0.1) is 12.7 Å². The first-order chi connectivity index (χ1) is 6.94. The summed E-state index contributed by atoms with van der Waals surface area (Å²) in [4.78, 5) is 12.5. The average molecular weight is 224 g/mol. The predicted octanol–water partition coefficient (Wildman–Crippen LogP) is 3.36. The van der Waals surface area contributed by atoms with Gasteiger partial charge in [0.1, 0.15) is 0 Å². The van der Waals surface area contributed by atoms with Gasteiger partial charge in [0.25, 0.3) is 0 Å². The van der Waals surface area contributed by atoms with Gasteiger partial charge in [-0.05, 0) is 12.1 Å².